The van der Waals surface area contributed by atoms with Gasteiger partial charge in [0.2, 0.25) is 0 Å². The normalized spacial score (nSPS) is 39.8. The number of rotatable bonds is 0. The first-order valence-electron chi connectivity index (χ1n) is 3.20. The van der Waals surface area contributed by atoms with Gasteiger partial charge < -0.3 is 4.74 Å². The van der Waals surface area contributed by atoms with Crippen LogP contribution < -0.4 is 0 Å². The SMILES string of the molecule is CC1CCCC(P)O1. The van der Waals surface area contributed by atoms with Crippen LogP contribution in [0.4, 0.5) is 0 Å². The quantitative estimate of drug-likeness (QED) is 0.456. The third-order valence-electron chi connectivity index (χ3n) is 1.51. The van der Waals surface area contributed by atoms with E-state index in [4.69, 9.17) is 4.74 Å². The largest absolute Gasteiger partial charge is 0.371 e. The third kappa shape index (κ3) is 1.72. The van der Waals surface area contributed by atoms with Crippen LogP contribution in [0.5, 0.6) is 0 Å². The van der Waals surface area contributed by atoms with E-state index < -0.39 is 0 Å². The van der Waals surface area contributed by atoms with Crippen molar-refractivity contribution in [2.45, 2.75) is 38.1 Å². The fourth-order valence-corrected chi connectivity index (χ4v) is 1.54. The van der Waals surface area contributed by atoms with Crippen LogP contribution in [0.2, 0.25) is 0 Å². The fourth-order valence-electron chi connectivity index (χ4n) is 1.04. The molecule has 1 nitrogen and oxygen atoms in total. The van der Waals surface area contributed by atoms with Crippen molar-refractivity contribution < 1.29 is 4.74 Å². The van der Waals surface area contributed by atoms with Crippen LogP contribution in [0.25, 0.3) is 0 Å². The van der Waals surface area contributed by atoms with Gasteiger partial charge in [-0.2, -0.15) is 0 Å². The maximum Gasteiger partial charge on any atom is 0.0712 e. The summed E-state index contributed by atoms with van der Waals surface area (Å²) < 4.78 is 5.45. The summed E-state index contributed by atoms with van der Waals surface area (Å²) in [5, 5.41) is 0. The van der Waals surface area contributed by atoms with Gasteiger partial charge in [-0.1, -0.05) is 0 Å². The standard InChI is InChI=1S/C6H13OP/c1-5-3-2-4-6(8)7-5/h5-6H,2-4,8H2,1H3. The highest BCUT2D eigenvalue weighted by Gasteiger charge is 2.13. The number of hydrogen-bond acceptors (Lipinski definition) is 1. The minimum Gasteiger partial charge on any atom is -0.371 e. The Labute approximate surface area is 53.0 Å². The summed E-state index contributed by atoms with van der Waals surface area (Å²) >= 11 is 0. The minimum atomic E-state index is 0.429. The van der Waals surface area contributed by atoms with Gasteiger partial charge in [0, 0.05) is 0 Å². The Morgan fingerprint density at radius 2 is 2.25 bits per heavy atom. The summed E-state index contributed by atoms with van der Waals surface area (Å²) in [4.78, 5) is 0. The molecule has 0 radical (unpaired) electrons. The lowest BCUT2D eigenvalue weighted by atomic mass is 10.1. The lowest BCUT2D eigenvalue weighted by Crippen LogP contribution is -2.20. The zero-order valence-corrected chi connectivity index (χ0v) is 6.42. The molecule has 0 aromatic carbocycles. The molecule has 0 N–H and O–H groups in total. The summed E-state index contributed by atoms with van der Waals surface area (Å²) in [6.45, 7) is 2.14. The summed E-state index contributed by atoms with van der Waals surface area (Å²) in [6.07, 6.45) is 4.28. The molecule has 3 unspecified atom stereocenters. The molecule has 0 spiro atoms. The Morgan fingerprint density at radius 3 is 2.62 bits per heavy atom. The first-order valence-corrected chi connectivity index (χ1v) is 3.87. The van der Waals surface area contributed by atoms with Crippen molar-refractivity contribution in [2.24, 2.45) is 0 Å². The summed E-state index contributed by atoms with van der Waals surface area (Å²) in [7, 11) is 2.71. The molecule has 1 aliphatic heterocycles. The molecule has 48 valence electrons. The van der Waals surface area contributed by atoms with E-state index in [-0.39, 0.29) is 0 Å². The van der Waals surface area contributed by atoms with Crippen LogP contribution in [0, 0.1) is 0 Å². The summed E-state index contributed by atoms with van der Waals surface area (Å²) in [5.41, 5.74) is 0. The van der Waals surface area contributed by atoms with Crippen molar-refractivity contribution in [3.63, 3.8) is 0 Å². The first kappa shape index (κ1) is 6.51. The Bertz CT molecular complexity index is 66.9. The molecule has 0 aromatic rings. The summed E-state index contributed by atoms with van der Waals surface area (Å²) in [5.74, 6) is 0.429. The highest BCUT2D eigenvalue weighted by atomic mass is 31.0. The van der Waals surface area contributed by atoms with Gasteiger partial charge in [-0.25, -0.2) is 0 Å². The predicted octanol–water partition coefficient (Wildman–Crippen LogP) is 1.78. The molecule has 1 rings (SSSR count). The fraction of sp³-hybridized carbons (Fsp3) is 1.00. The van der Waals surface area contributed by atoms with Gasteiger partial charge in [-0.3, -0.25) is 0 Å². The van der Waals surface area contributed by atoms with Crippen LogP contribution in [0.3, 0.4) is 0 Å². The first-order chi connectivity index (χ1) is 3.79. The van der Waals surface area contributed by atoms with E-state index >= 15 is 0 Å². The highest BCUT2D eigenvalue weighted by Crippen LogP contribution is 2.21. The predicted molar refractivity (Wildman–Crippen MR) is 37.9 cm³/mol. The monoisotopic (exact) mass is 132 g/mol. The molecule has 1 fully saturated rings. The zero-order chi connectivity index (χ0) is 5.98. The van der Waals surface area contributed by atoms with Gasteiger partial charge in [-0.15, -0.1) is 9.24 Å². The molecule has 0 aromatic heterocycles. The van der Waals surface area contributed by atoms with Crippen molar-refractivity contribution in [1.29, 1.82) is 0 Å². The second kappa shape index (κ2) is 2.80. The van der Waals surface area contributed by atoms with E-state index in [0.717, 1.165) is 0 Å². The van der Waals surface area contributed by atoms with Gasteiger partial charge in [-0.05, 0) is 26.2 Å². The van der Waals surface area contributed by atoms with Crippen molar-refractivity contribution in [2.75, 3.05) is 0 Å². The van der Waals surface area contributed by atoms with Gasteiger partial charge in [0.05, 0.1) is 11.9 Å². The Kier molecular flexibility index (Phi) is 2.27. The van der Waals surface area contributed by atoms with Crippen molar-refractivity contribution >= 4 is 9.24 Å². The second-order valence-corrected chi connectivity index (χ2v) is 3.16. The Balaban J connectivity index is 2.23. The van der Waals surface area contributed by atoms with Gasteiger partial charge in [0.25, 0.3) is 0 Å². The smallest absolute Gasteiger partial charge is 0.0712 e. The maximum absolute atomic E-state index is 5.45. The minimum absolute atomic E-state index is 0.429. The molecular formula is C6H13OP. The number of hydrogen-bond donors (Lipinski definition) is 0. The van der Waals surface area contributed by atoms with Crippen LogP contribution in [-0.2, 0) is 4.74 Å². The molecule has 1 aliphatic rings. The molecule has 3 atom stereocenters. The zero-order valence-electron chi connectivity index (χ0n) is 5.26. The maximum atomic E-state index is 5.45. The molecule has 0 saturated carbocycles. The van der Waals surface area contributed by atoms with Gasteiger partial charge in [0.1, 0.15) is 0 Å². The van der Waals surface area contributed by atoms with Crippen molar-refractivity contribution in [3.8, 4) is 0 Å². The molecule has 0 amide bonds. The van der Waals surface area contributed by atoms with Crippen molar-refractivity contribution in [1.82, 2.24) is 0 Å². The molecule has 0 aliphatic carbocycles. The van der Waals surface area contributed by atoms with E-state index in [0.29, 0.717) is 11.9 Å². The van der Waals surface area contributed by atoms with Crippen LogP contribution in [0.1, 0.15) is 26.2 Å². The van der Waals surface area contributed by atoms with Crippen LogP contribution >= 0.6 is 9.24 Å². The molecule has 2 heteroatoms. The molecule has 1 heterocycles. The highest BCUT2D eigenvalue weighted by molar-refractivity contribution is 7.17. The second-order valence-electron chi connectivity index (χ2n) is 2.42. The average molecular weight is 132 g/mol. The van der Waals surface area contributed by atoms with E-state index in [9.17, 15) is 0 Å². The van der Waals surface area contributed by atoms with E-state index in [2.05, 4.69) is 16.2 Å². The average Bonchev–Trinajstić information content (AvgIpc) is 1.64. The van der Waals surface area contributed by atoms with Crippen LogP contribution in [-0.4, -0.2) is 11.9 Å². The van der Waals surface area contributed by atoms with E-state index in [1.807, 2.05) is 0 Å². The van der Waals surface area contributed by atoms with E-state index in [1.165, 1.54) is 19.3 Å². The molecule has 8 heavy (non-hydrogen) atoms. The third-order valence-corrected chi connectivity index (χ3v) is 2.00. The molecule has 1 saturated heterocycles. The topological polar surface area (TPSA) is 9.23 Å². The lowest BCUT2D eigenvalue weighted by molar-refractivity contribution is 0.00742. The van der Waals surface area contributed by atoms with Gasteiger partial charge >= 0.3 is 0 Å². The molecule has 0 bridgehead atoms. The number of ether oxygens (including phenoxy) is 1. The Hall–Kier alpha value is 0.390. The Morgan fingerprint density at radius 1 is 1.50 bits per heavy atom. The van der Waals surface area contributed by atoms with E-state index in [1.54, 1.807) is 0 Å². The van der Waals surface area contributed by atoms with Crippen molar-refractivity contribution in [3.05, 3.63) is 0 Å². The van der Waals surface area contributed by atoms with Gasteiger partial charge in [0.15, 0.2) is 0 Å². The molecular weight excluding hydrogens is 119 g/mol. The lowest BCUT2D eigenvalue weighted by Gasteiger charge is -2.24. The summed E-state index contributed by atoms with van der Waals surface area (Å²) in [6, 6.07) is 0. The van der Waals surface area contributed by atoms with Crippen LogP contribution in [0.15, 0.2) is 0 Å².